The van der Waals surface area contributed by atoms with Gasteiger partial charge in [-0.1, -0.05) is 19.4 Å². The lowest BCUT2D eigenvalue weighted by molar-refractivity contribution is 0.354. The van der Waals surface area contributed by atoms with Crippen LogP contribution in [0.1, 0.15) is 51.5 Å². The summed E-state index contributed by atoms with van der Waals surface area (Å²) in [5, 5.41) is 7.23. The normalized spacial score (nSPS) is 20.8. The molecule has 29 heavy (non-hydrogen) atoms. The third-order valence-corrected chi connectivity index (χ3v) is 7.05. The van der Waals surface area contributed by atoms with Gasteiger partial charge >= 0.3 is 0 Å². The van der Waals surface area contributed by atoms with Crippen LogP contribution in [-0.4, -0.2) is 54.5 Å². The number of methoxy groups -OCH3 is 2. The van der Waals surface area contributed by atoms with E-state index in [-0.39, 0.29) is 0 Å². The lowest BCUT2D eigenvalue weighted by Crippen LogP contribution is -2.46. The quantitative estimate of drug-likeness (QED) is 0.343. The van der Waals surface area contributed by atoms with Gasteiger partial charge in [-0.2, -0.15) is 0 Å². The van der Waals surface area contributed by atoms with Crippen molar-refractivity contribution in [1.29, 1.82) is 0 Å². The van der Waals surface area contributed by atoms with Crippen LogP contribution in [-0.2, 0) is 17.2 Å². The zero-order valence-electron chi connectivity index (χ0n) is 18.3. The Morgan fingerprint density at radius 3 is 2.69 bits per heavy atom. The average molecular weight is 424 g/mol. The molecule has 3 atom stereocenters. The molecule has 0 heterocycles. The molecule has 1 fully saturated rings. The maximum atomic E-state index is 12.2. The Balaban J connectivity index is 1.86. The minimum absolute atomic E-state index is 0.319. The molecule has 164 valence electrons. The van der Waals surface area contributed by atoms with E-state index in [0.29, 0.717) is 11.3 Å². The minimum atomic E-state index is -0.706. The van der Waals surface area contributed by atoms with Crippen molar-refractivity contribution < 1.29 is 13.7 Å². The predicted octanol–water partition coefficient (Wildman–Crippen LogP) is 3.27. The summed E-state index contributed by atoms with van der Waals surface area (Å²) >= 11 is 0. The maximum absolute atomic E-state index is 12.2. The van der Waals surface area contributed by atoms with E-state index in [1.807, 2.05) is 19.1 Å². The fraction of sp³-hybridized carbons (Fsp3) is 0.682. The Labute approximate surface area is 178 Å². The number of aryl methyl sites for hydroxylation is 1. The van der Waals surface area contributed by atoms with Gasteiger partial charge in [-0.15, -0.1) is 0 Å². The number of hydrogen-bond donors (Lipinski definition) is 2. The molecule has 6 nitrogen and oxygen atoms in total. The van der Waals surface area contributed by atoms with Gasteiger partial charge in [-0.05, 0) is 56.7 Å². The van der Waals surface area contributed by atoms with Gasteiger partial charge in [-0.3, -0.25) is 9.20 Å². The molecular formula is C22H37N3O3S. The Bertz CT molecular complexity index is 681. The lowest BCUT2D eigenvalue weighted by Gasteiger charge is -2.30. The molecule has 0 saturated heterocycles. The van der Waals surface area contributed by atoms with E-state index in [1.54, 1.807) is 14.2 Å². The number of nitrogens with one attached hydrogen (secondary N) is 2. The minimum Gasteiger partial charge on any atom is -0.493 e. The summed E-state index contributed by atoms with van der Waals surface area (Å²) in [5.74, 6) is 3.14. The summed E-state index contributed by atoms with van der Waals surface area (Å²) in [5.41, 5.74) is 1.22. The Kier molecular flexibility index (Phi) is 10.3. The Hall–Kier alpha value is -1.76. The number of benzene rings is 1. The SMILES string of the molecule is CCNC(=NCCCc1ccc(OC)c(OC)c1)NC1CCCC(S(=O)CC)C1. The van der Waals surface area contributed by atoms with Crippen LogP contribution in [0.3, 0.4) is 0 Å². The molecule has 3 unspecified atom stereocenters. The Morgan fingerprint density at radius 2 is 2.00 bits per heavy atom. The topological polar surface area (TPSA) is 72.0 Å². The number of hydrogen-bond acceptors (Lipinski definition) is 4. The van der Waals surface area contributed by atoms with Gasteiger partial charge in [0, 0.05) is 40.9 Å². The van der Waals surface area contributed by atoms with E-state index in [9.17, 15) is 4.21 Å². The number of ether oxygens (including phenoxy) is 2. The standard InChI is InChI=1S/C22H37N3O3S/c1-5-23-22(25-18-10-7-11-19(16-18)29(26)6-2)24-14-8-9-17-12-13-20(27-3)21(15-17)28-4/h12-13,15,18-19H,5-11,14,16H2,1-4H3,(H2,23,24,25). The van der Waals surface area contributed by atoms with Gasteiger partial charge in [0.1, 0.15) is 0 Å². The molecule has 0 radical (unpaired) electrons. The molecule has 0 bridgehead atoms. The van der Waals surface area contributed by atoms with Gasteiger partial charge in [0.15, 0.2) is 17.5 Å². The number of guanidine groups is 1. The molecule has 2 rings (SSSR count). The van der Waals surface area contributed by atoms with E-state index in [0.717, 1.165) is 74.8 Å². The van der Waals surface area contributed by atoms with Crippen molar-refractivity contribution in [1.82, 2.24) is 10.6 Å². The van der Waals surface area contributed by atoms with Gasteiger partial charge < -0.3 is 20.1 Å². The zero-order valence-corrected chi connectivity index (χ0v) is 19.1. The Morgan fingerprint density at radius 1 is 1.21 bits per heavy atom. The highest BCUT2D eigenvalue weighted by molar-refractivity contribution is 7.85. The fourth-order valence-corrected chi connectivity index (χ4v) is 5.12. The van der Waals surface area contributed by atoms with Crippen LogP contribution in [0.2, 0.25) is 0 Å². The smallest absolute Gasteiger partial charge is 0.191 e. The summed E-state index contributed by atoms with van der Waals surface area (Å²) in [6.07, 6.45) is 6.19. The third kappa shape index (κ3) is 7.53. The van der Waals surface area contributed by atoms with Crippen LogP contribution < -0.4 is 20.1 Å². The van der Waals surface area contributed by atoms with Gasteiger partial charge in [0.2, 0.25) is 0 Å². The van der Waals surface area contributed by atoms with Gasteiger partial charge in [0.05, 0.1) is 14.2 Å². The maximum Gasteiger partial charge on any atom is 0.191 e. The largest absolute Gasteiger partial charge is 0.493 e. The first-order chi connectivity index (χ1) is 14.1. The van der Waals surface area contributed by atoms with Gasteiger partial charge in [0.25, 0.3) is 0 Å². The van der Waals surface area contributed by atoms with E-state index in [4.69, 9.17) is 14.5 Å². The van der Waals surface area contributed by atoms with Crippen molar-refractivity contribution in [2.75, 3.05) is 33.1 Å². The van der Waals surface area contributed by atoms with Crippen LogP contribution in [0.5, 0.6) is 11.5 Å². The third-order valence-electron chi connectivity index (χ3n) is 5.31. The van der Waals surface area contributed by atoms with Crippen molar-refractivity contribution in [3.05, 3.63) is 23.8 Å². The lowest BCUT2D eigenvalue weighted by atomic mass is 9.95. The first-order valence-electron chi connectivity index (χ1n) is 10.7. The predicted molar refractivity (Wildman–Crippen MR) is 122 cm³/mol. The molecule has 1 saturated carbocycles. The van der Waals surface area contributed by atoms with Crippen molar-refractivity contribution >= 4 is 16.8 Å². The second-order valence-corrected chi connectivity index (χ2v) is 9.36. The molecule has 1 aromatic carbocycles. The number of nitrogens with zero attached hydrogens (tertiary/aromatic N) is 1. The van der Waals surface area contributed by atoms with E-state index < -0.39 is 10.8 Å². The highest BCUT2D eigenvalue weighted by atomic mass is 32.2. The summed E-state index contributed by atoms with van der Waals surface area (Å²) in [7, 11) is 2.60. The van der Waals surface area contributed by atoms with Gasteiger partial charge in [-0.25, -0.2) is 0 Å². The molecule has 0 amide bonds. The summed E-state index contributed by atoms with van der Waals surface area (Å²) < 4.78 is 22.8. The molecular weight excluding hydrogens is 386 g/mol. The molecule has 1 aliphatic rings. The highest BCUT2D eigenvalue weighted by Crippen LogP contribution is 2.28. The molecule has 0 aromatic heterocycles. The van der Waals surface area contributed by atoms with Crippen LogP contribution >= 0.6 is 0 Å². The van der Waals surface area contributed by atoms with E-state index in [1.165, 1.54) is 5.56 Å². The molecule has 1 aromatic rings. The molecule has 7 heteroatoms. The molecule has 0 spiro atoms. The number of aliphatic imine (C=N–C) groups is 1. The zero-order chi connectivity index (χ0) is 21.1. The average Bonchev–Trinajstić information content (AvgIpc) is 2.76. The van der Waals surface area contributed by atoms with Crippen molar-refractivity contribution in [3.8, 4) is 11.5 Å². The van der Waals surface area contributed by atoms with Crippen molar-refractivity contribution in [2.45, 2.75) is 63.7 Å². The number of rotatable bonds is 10. The summed E-state index contributed by atoms with van der Waals surface area (Å²) in [4.78, 5) is 4.75. The molecule has 2 N–H and O–H groups in total. The molecule has 0 aliphatic heterocycles. The van der Waals surface area contributed by atoms with Crippen LogP contribution in [0.25, 0.3) is 0 Å². The monoisotopic (exact) mass is 423 g/mol. The highest BCUT2D eigenvalue weighted by Gasteiger charge is 2.25. The van der Waals surface area contributed by atoms with Crippen LogP contribution in [0.15, 0.2) is 23.2 Å². The summed E-state index contributed by atoms with van der Waals surface area (Å²) in [6, 6.07) is 6.41. The fourth-order valence-electron chi connectivity index (χ4n) is 3.77. The van der Waals surface area contributed by atoms with Crippen LogP contribution in [0.4, 0.5) is 0 Å². The van der Waals surface area contributed by atoms with E-state index >= 15 is 0 Å². The second-order valence-electron chi connectivity index (χ2n) is 7.35. The van der Waals surface area contributed by atoms with Crippen LogP contribution in [0, 0.1) is 0 Å². The van der Waals surface area contributed by atoms with Crippen molar-refractivity contribution in [3.63, 3.8) is 0 Å². The first-order valence-corrected chi connectivity index (χ1v) is 12.1. The first kappa shape index (κ1) is 23.5. The molecule has 1 aliphatic carbocycles. The van der Waals surface area contributed by atoms with Crippen molar-refractivity contribution in [2.24, 2.45) is 4.99 Å². The second kappa shape index (κ2) is 12.7. The summed E-state index contributed by atoms with van der Waals surface area (Å²) in [6.45, 7) is 5.67. The van der Waals surface area contributed by atoms with E-state index in [2.05, 4.69) is 23.6 Å².